The third-order valence-corrected chi connectivity index (χ3v) is 10.4. The van der Waals surface area contributed by atoms with Crippen LogP contribution in [0.4, 0.5) is 4.39 Å². The second kappa shape index (κ2) is 9.13. The predicted octanol–water partition coefficient (Wildman–Crippen LogP) is 5.01. The molecule has 4 aliphatic carbocycles. The number of allylic oxidation sites excluding steroid dienone is 4. The summed E-state index contributed by atoms with van der Waals surface area (Å²) in [6, 6.07) is 0. The summed E-state index contributed by atoms with van der Waals surface area (Å²) in [5.41, 5.74) is -4.59. The molecule has 4 aliphatic rings. The van der Waals surface area contributed by atoms with E-state index in [0.717, 1.165) is 12.0 Å². The first-order valence-electron chi connectivity index (χ1n) is 13.0. The molecular weight excluding hydrogens is 467 g/mol. The number of hydrogen-bond acceptors (Lipinski definition) is 6. The molecule has 0 aromatic rings. The van der Waals surface area contributed by atoms with Gasteiger partial charge in [0.15, 0.2) is 22.8 Å². The van der Waals surface area contributed by atoms with E-state index < -0.39 is 40.1 Å². The molecular formula is C28H39FO5S. The zero-order valence-corrected chi connectivity index (χ0v) is 22.4. The van der Waals surface area contributed by atoms with Crippen molar-refractivity contribution in [2.45, 2.75) is 90.0 Å². The number of rotatable bonds is 7. The lowest BCUT2D eigenvalue weighted by Gasteiger charge is -2.62. The summed E-state index contributed by atoms with van der Waals surface area (Å²) < 4.78 is 23.6. The van der Waals surface area contributed by atoms with Crippen molar-refractivity contribution in [3.8, 4) is 0 Å². The van der Waals surface area contributed by atoms with Crippen LogP contribution in [0.2, 0.25) is 0 Å². The molecule has 3 fully saturated rings. The van der Waals surface area contributed by atoms with E-state index in [2.05, 4.69) is 0 Å². The van der Waals surface area contributed by atoms with Gasteiger partial charge in [-0.15, -0.1) is 0 Å². The van der Waals surface area contributed by atoms with Crippen molar-refractivity contribution in [2.24, 2.45) is 28.6 Å². The van der Waals surface area contributed by atoms with Crippen LogP contribution in [0.1, 0.15) is 72.6 Å². The van der Waals surface area contributed by atoms with E-state index in [1.807, 2.05) is 27.0 Å². The van der Waals surface area contributed by atoms with Crippen LogP contribution in [0.25, 0.3) is 0 Å². The van der Waals surface area contributed by atoms with Gasteiger partial charge in [-0.25, -0.2) is 4.39 Å². The van der Waals surface area contributed by atoms with Gasteiger partial charge in [-0.3, -0.25) is 14.4 Å². The summed E-state index contributed by atoms with van der Waals surface area (Å²) >= 11 is 1.39. The maximum atomic E-state index is 17.4. The number of halogens is 1. The van der Waals surface area contributed by atoms with Crippen molar-refractivity contribution in [3.63, 3.8) is 0 Å². The minimum atomic E-state index is -1.97. The summed E-state index contributed by atoms with van der Waals surface area (Å²) in [4.78, 5) is 38.8. The van der Waals surface area contributed by atoms with Gasteiger partial charge >= 0.3 is 5.97 Å². The van der Waals surface area contributed by atoms with Gasteiger partial charge in [0.05, 0.1) is 11.9 Å². The van der Waals surface area contributed by atoms with Crippen molar-refractivity contribution < 1.29 is 28.6 Å². The van der Waals surface area contributed by atoms with Crippen LogP contribution in [0, 0.1) is 28.6 Å². The number of carbonyl (C=O) groups excluding carboxylic acids is 3. The molecule has 0 amide bonds. The Morgan fingerprint density at radius 1 is 1.29 bits per heavy atom. The predicted molar refractivity (Wildman–Crippen MR) is 135 cm³/mol. The Labute approximate surface area is 212 Å². The number of unbranched alkanes of at least 4 members (excludes halogenated alkanes) is 1. The number of aliphatic hydroxyl groups is 1. The van der Waals surface area contributed by atoms with Gasteiger partial charge in [0, 0.05) is 29.1 Å². The molecule has 0 aromatic carbocycles. The summed E-state index contributed by atoms with van der Waals surface area (Å²) in [6.07, 6.45) is 8.45. The Morgan fingerprint density at radius 3 is 2.66 bits per heavy atom. The fourth-order valence-corrected chi connectivity index (χ4v) is 8.67. The number of alkyl halides is 1. The molecule has 1 N–H and O–H groups in total. The number of fused-ring (bicyclic) bond motifs is 5. The molecule has 0 aliphatic heterocycles. The highest BCUT2D eigenvalue weighted by Gasteiger charge is 2.77. The first-order chi connectivity index (χ1) is 16.4. The number of Topliss-reactive ketones (excluding diaryl/α,β-unsaturated/α-hetero) is 1. The monoisotopic (exact) mass is 506 g/mol. The molecule has 0 unspecified atom stereocenters. The third-order valence-electron chi connectivity index (χ3n) is 9.88. The van der Waals surface area contributed by atoms with Gasteiger partial charge in [-0.05, 0) is 63.4 Å². The smallest absolute Gasteiger partial charge is 0.306 e. The van der Waals surface area contributed by atoms with Gasteiger partial charge in [-0.1, -0.05) is 38.8 Å². The van der Waals surface area contributed by atoms with Crippen LogP contribution in [0.3, 0.4) is 0 Å². The van der Waals surface area contributed by atoms with E-state index in [4.69, 9.17) is 4.74 Å². The maximum Gasteiger partial charge on any atom is 0.306 e. The van der Waals surface area contributed by atoms with E-state index >= 15 is 4.39 Å². The van der Waals surface area contributed by atoms with Gasteiger partial charge in [0.2, 0.25) is 0 Å². The van der Waals surface area contributed by atoms with Crippen LogP contribution >= 0.6 is 11.8 Å². The zero-order chi connectivity index (χ0) is 25.8. The van der Waals surface area contributed by atoms with Gasteiger partial charge in [-0.2, -0.15) is 11.8 Å². The van der Waals surface area contributed by atoms with Crippen LogP contribution in [0.15, 0.2) is 23.8 Å². The van der Waals surface area contributed by atoms with E-state index in [1.54, 1.807) is 13.0 Å². The topological polar surface area (TPSA) is 80.7 Å². The van der Waals surface area contributed by atoms with Gasteiger partial charge < -0.3 is 9.84 Å². The van der Waals surface area contributed by atoms with Crippen LogP contribution in [-0.2, 0) is 19.1 Å². The lowest BCUT2D eigenvalue weighted by atomic mass is 9.44. The summed E-state index contributed by atoms with van der Waals surface area (Å²) in [6.45, 7) is 7.66. The number of ether oxygens (including phenoxy) is 1. The molecule has 5 nitrogen and oxygen atoms in total. The van der Waals surface area contributed by atoms with Crippen LogP contribution in [-0.4, -0.2) is 52.0 Å². The maximum absolute atomic E-state index is 17.4. The number of aliphatic hydroxyl groups excluding tert-OH is 1. The molecule has 0 heterocycles. The molecule has 7 heteroatoms. The quantitative estimate of drug-likeness (QED) is 0.489. The molecule has 194 valence electrons. The first kappa shape index (κ1) is 26.6. The zero-order valence-electron chi connectivity index (χ0n) is 21.6. The van der Waals surface area contributed by atoms with Crippen molar-refractivity contribution in [1.82, 2.24) is 0 Å². The number of hydrogen-bond donors (Lipinski definition) is 1. The first-order valence-corrected chi connectivity index (χ1v) is 14.4. The SMILES string of the molecule is CCCCC(=O)O[C@]1(C(=O)CSC)[C@@H](C)C[C@H]2[C@@H]3CCC4=CC(=O)C=C[C@]4(C)[C@@]3(F)[C@@H](O)C[C@@]21C. The fourth-order valence-electron chi connectivity index (χ4n) is 8.19. The highest BCUT2D eigenvalue weighted by atomic mass is 32.2. The van der Waals surface area contributed by atoms with E-state index in [9.17, 15) is 19.5 Å². The van der Waals surface area contributed by atoms with Gasteiger partial charge in [0.25, 0.3) is 0 Å². The van der Waals surface area contributed by atoms with Crippen molar-refractivity contribution in [2.75, 3.05) is 12.0 Å². The molecule has 0 spiro atoms. The Bertz CT molecular complexity index is 976. The van der Waals surface area contributed by atoms with Crippen LogP contribution in [0.5, 0.6) is 0 Å². The number of thioether (sulfide) groups is 1. The van der Waals surface area contributed by atoms with Crippen molar-refractivity contribution in [3.05, 3.63) is 23.8 Å². The number of ketones is 2. The Balaban J connectivity index is 1.80. The Morgan fingerprint density at radius 2 is 2.00 bits per heavy atom. The van der Waals surface area contributed by atoms with E-state index in [1.165, 1.54) is 23.9 Å². The largest absolute Gasteiger partial charge is 0.450 e. The molecule has 8 atom stereocenters. The summed E-state index contributed by atoms with van der Waals surface area (Å²) in [5, 5.41) is 11.6. The molecule has 4 rings (SSSR count). The van der Waals surface area contributed by atoms with E-state index in [-0.39, 0.29) is 42.0 Å². The number of carbonyl (C=O) groups is 3. The Kier molecular flexibility index (Phi) is 6.93. The lowest BCUT2D eigenvalue weighted by Crippen LogP contribution is -2.70. The molecule has 35 heavy (non-hydrogen) atoms. The molecule has 0 saturated heterocycles. The van der Waals surface area contributed by atoms with Gasteiger partial charge in [0.1, 0.15) is 0 Å². The minimum absolute atomic E-state index is 0.0286. The molecule has 0 radical (unpaired) electrons. The minimum Gasteiger partial charge on any atom is -0.450 e. The number of esters is 1. The normalized spacial score (nSPS) is 44.2. The summed E-state index contributed by atoms with van der Waals surface area (Å²) in [5.74, 6) is -1.52. The molecule has 3 saturated carbocycles. The third kappa shape index (κ3) is 3.54. The Hall–Kier alpha value is -1.47. The second-order valence-corrected chi connectivity index (χ2v) is 12.4. The second-order valence-electron chi connectivity index (χ2n) is 11.6. The highest BCUT2D eigenvalue weighted by Crippen LogP contribution is 2.71. The summed E-state index contributed by atoms with van der Waals surface area (Å²) in [7, 11) is 0. The highest BCUT2D eigenvalue weighted by molar-refractivity contribution is 7.99. The fraction of sp³-hybridized carbons (Fsp3) is 0.750. The molecule has 0 bridgehead atoms. The lowest BCUT2D eigenvalue weighted by molar-refractivity contribution is -0.227. The standard InChI is InChI=1S/C28H39FO5S/c1-6-7-8-24(33)34-28(23(32)16-35-5)17(2)13-21-20-10-9-18-14-19(30)11-12-25(18,3)27(20,29)22(31)15-26(21,28)4/h11-12,14,17,20-22,31H,6-10,13,15-16H2,1-5H3/t17-,20-,21-,22-,25-,26-,27-,28-/m0/s1. The average molecular weight is 507 g/mol. The molecule has 0 aromatic heterocycles. The average Bonchev–Trinajstić information content (AvgIpc) is 3.01. The van der Waals surface area contributed by atoms with E-state index in [0.29, 0.717) is 25.7 Å². The van der Waals surface area contributed by atoms with Crippen molar-refractivity contribution >= 4 is 29.3 Å². The van der Waals surface area contributed by atoms with Crippen molar-refractivity contribution in [1.29, 1.82) is 0 Å². The van der Waals surface area contributed by atoms with Crippen LogP contribution < -0.4 is 0 Å².